The molecular weight excluding hydrogens is 178 g/mol. The maximum absolute atomic E-state index is 11.8. The van der Waals surface area contributed by atoms with Crippen LogP contribution in [0.3, 0.4) is 0 Å². The fourth-order valence-electron chi connectivity index (χ4n) is 1.38. The highest BCUT2D eigenvalue weighted by molar-refractivity contribution is 5.96. The Labute approximate surface area is 84.1 Å². The molecule has 0 radical (unpaired) electrons. The number of rotatable bonds is 4. The van der Waals surface area contributed by atoms with Crippen molar-refractivity contribution in [1.82, 2.24) is 9.55 Å². The third-order valence-electron chi connectivity index (χ3n) is 2.10. The van der Waals surface area contributed by atoms with E-state index >= 15 is 0 Å². The van der Waals surface area contributed by atoms with E-state index in [0.717, 1.165) is 0 Å². The van der Waals surface area contributed by atoms with Gasteiger partial charge in [0.25, 0.3) is 0 Å². The number of ketones is 1. The van der Waals surface area contributed by atoms with Crippen molar-refractivity contribution >= 4 is 5.78 Å². The molecule has 1 atom stereocenters. The summed E-state index contributed by atoms with van der Waals surface area (Å²) in [6.45, 7) is 4.09. The van der Waals surface area contributed by atoms with Gasteiger partial charge in [0.05, 0.1) is 6.04 Å². The van der Waals surface area contributed by atoms with Gasteiger partial charge in [0.2, 0.25) is 5.78 Å². The lowest BCUT2D eigenvalue weighted by molar-refractivity contribution is 0.0937. The van der Waals surface area contributed by atoms with Crippen molar-refractivity contribution in [3.05, 3.63) is 18.2 Å². The zero-order valence-corrected chi connectivity index (χ0v) is 8.90. The van der Waals surface area contributed by atoms with Crippen molar-refractivity contribution in [3.63, 3.8) is 0 Å². The van der Waals surface area contributed by atoms with Gasteiger partial charge in [0.15, 0.2) is 5.82 Å². The van der Waals surface area contributed by atoms with E-state index in [9.17, 15) is 4.79 Å². The molecule has 4 heteroatoms. The molecular formula is C10H17N3O. The number of hydrogen-bond donors (Lipinski definition) is 1. The Hall–Kier alpha value is -1.16. The highest BCUT2D eigenvalue weighted by Gasteiger charge is 2.19. The predicted octanol–water partition coefficient (Wildman–Crippen LogP) is 0.976. The van der Waals surface area contributed by atoms with E-state index in [4.69, 9.17) is 5.73 Å². The number of Topliss-reactive ketones (excluding diaryl/α,β-unsaturated/α-hetero) is 1. The van der Waals surface area contributed by atoms with Crippen molar-refractivity contribution in [2.45, 2.75) is 26.3 Å². The van der Waals surface area contributed by atoms with Gasteiger partial charge in [0, 0.05) is 19.4 Å². The first-order valence-corrected chi connectivity index (χ1v) is 4.79. The molecule has 14 heavy (non-hydrogen) atoms. The lowest BCUT2D eigenvalue weighted by Crippen LogP contribution is -2.33. The minimum absolute atomic E-state index is 0.0776. The summed E-state index contributed by atoms with van der Waals surface area (Å²) in [6.07, 6.45) is 4.05. The second-order valence-corrected chi connectivity index (χ2v) is 3.96. The van der Waals surface area contributed by atoms with Crippen molar-refractivity contribution in [2.75, 3.05) is 0 Å². The number of aryl methyl sites for hydroxylation is 1. The molecule has 0 aromatic carbocycles. The fraction of sp³-hybridized carbons (Fsp3) is 0.600. The third kappa shape index (κ3) is 2.42. The summed E-state index contributed by atoms with van der Waals surface area (Å²) in [5.74, 6) is 0.790. The Kier molecular flexibility index (Phi) is 3.41. The molecule has 0 fully saturated rings. The Morgan fingerprint density at radius 3 is 2.71 bits per heavy atom. The first kappa shape index (κ1) is 10.9. The van der Waals surface area contributed by atoms with Gasteiger partial charge < -0.3 is 10.3 Å². The van der Waals surface area contributed by atoms with Crippen LogP contribution in [0.15, 0.2) is 12.4 Å². The molecule has 1 aromatic heterocycles. The lowest BCUT2D eigenvalue weighted by Gasteiger charge is -2.12. The number of imidazole rings is 1. The first-order valence-electron chi connectivity index (χ1n) is 4.79. The summed E-state index contributed by atoms with van der Waals surface area (Å²) >= 11 is 0. The van der Waals surface area contributed by atoms with Crippen LogP contribution in [0, 0.1) is 5.92 Å². The maximum atomic E-state index is 11.8. The van der Waals surface area contributed by atoms with Crippen molar-refractivity contribution in [2.24, 2.45) is 18.7 Å². The second-order valence-electron chi connectivity index (χ2n) is 3.96. The van der Waals surface area contributed by atoms with E-state index in [1.165, 1.54) is 0 Å². The number of hydrogen-bond acceptors (Lipinski definition) is 3. The lowest BCUT2D eigenvalue weighted by atomic mass is 10.0. The van der Waals surface area contributed by atoms with E-state index in [1.54, 1.807) is 24.0 Å². The Morgan fingerprint density at radius 2 is 2.29 bits per heavy atom. The van der Waals surface area contributed by atoms with Crippen LogP contribution < -0.4 is 5.73 Å². The minimum atomic E-state index is -0.434. The van der Waals surface area contributed by atoms with Crippen molar-refractivity contribution in [3.8, 4) is 0 Å². The van der Waals surface area contributed by atoms with Crippen molar-refractivity contribution < 1.29 is 4.79 Å². The molecule has 2 N–H and O–H groups in total. The quantitative estimate of drug-likeness (QED) is 0.728. The summed E-state index contributed by atoms with van der Waals surface area (Å²) < 4.78 is 1.70. The van der Waals surface area contributed by atoms with Crippen LogP contribution in [-0.4, -0.2) is 21.4 Å². The smallest absolute Gasteiger partial charge is 0.214 e. The van der Waals surface area contributed by atoms with Gasteiger partial charge in [-0.1, -0.05) is 13.8 Å². The molecule has 78 valence electrons. The molecule has 1 unspecified atom stereocenters. The molecule has 0 aliphatic carbocycles. The molecule has 4 nitrogen and oxygen atoms in total. The molecule has 1 rings (SSSR count). The van der Waals surface area contributed by atoms with E-state index in [-0.39, 0.29) is 5.78 Å². The Balaban J connectivity index is 2.71. The fourth-order valence-corrected chi connectivity index (χ4v) is 1.38. The summed E-state index contributed by atoms with van der Waals surface area (Å²) in [6, 6.07) is -0.434. The second kappa shape index (κ2) is 4.37. The predicted molar refractivity (Wildman–Crippen MR) is 55.0 cm³/mol. The first-order chi connectivity index (χ1) is 6.52. The zero-order chi connectivity index (χ0) is 10.7. The monoisotopic (exact) mass is 195 g/mol. The van der Waals surface area contributed by atoms with E-state index in [2.05, 4.69) is 4.98 Å². The van der Waals surface area contributed by atoms with Crippen LogP contribution in [0.5, 0.6) is 0 Å². The van der Waals surface area contributed by atoms with Gasteiger partial charge in [-0.2, -0.15) is 0 Å². The summed E-state index contributed by atoms with van der Waals surface area (Å²) in [7, 11) is 1.79. The largest absolute Gasteiger partial charge is 0.332 e. The van der Waals surface area contributed by atoms with E-state index < -0.39 is 6.04 Å². The summed E-state index contributed by atoms with van der Waals surface area (Å²) in [4.78, 5) is 15.7. The van der Waals surface area contributed by atoms with Crippen LogP contribution in [0.25, 0.3) is 0 Å². The molecule has 0 spiro atoms. The topological polar surface area (TPSA) is 60.9 Å². The van der Waals surface area contributed by atoms with Gasteiger partial charge >= 0.3 is 0 Å². The van der Waals surface area contributed by atoms with Gasteiger partial charge in [-0.15, -0.1) is 0 Å². The van der Waals surface area contributed by atoms with Crippen LogP contribution in [0.1, 0.15) is 30.9 Å². The molecule has 1 aromatic rings. The van der Waals surface area contributed by atoms with Crippen LogP contribution in [0.2, 0.25) is 0 Å². The Bertz CT molecular complexity index is 317. The number of nitrogens with zero attached hydrogens (tertiary/aromatic N) is 2. The molecule has 1 heterocycles. The van der Waals surface area contributed by atoms with Crippen LogP contribution >= 0.6 is 0 Å². The van der Waals surface area contributed by atoms with Gasteiger partial charge in [-0.3, -0.25) is 4.79 Å². The summed E-state index contributed by atoms with van der Waals surface area (Å²) in [5.41, 5.74) is 5.78. The maximum Gasteiger partial charge on any atom is 0.214 e. The molecule has 0 aliphatic rings. The van der Waals surface area contributed by atoms with Gasteiger partial charge in [0.1, 0.15) is 0 Å². The zero-order valence-electron chi connectivity index (χ0n) is 8.90. The van der Waals surface area contributed by atoms with Gasteiger partial charge in [-0.05, 0) is 12.3 Å². The van der Waals surface area contributed by atoms with Crippen molar-refractivity contribution in [1.29, 1.82) is 0 Å². The number of nitrogens with two attached hydrogens (primary N) is 1. The molecule has 0 saturated heterocycles. The normalized spacial score (nSPS) is 13.2. The number of carbonyl (C=O) groups is 1. The standard InChI is InChI=1S/C10H17N3O/c1-7(2)6-8(11)9(14)10-12-4-5-13(10)3/h4-5,7-8H,6,11H2,1-3H3. The van der Waals surface area contributed by atoms with Crippen LogP contribution in [-0.2, 0) is 7.05 Å². The molecule has 0 aliphatic heterocycles. The van der Waals surface area contributed by atoms with Gasteiger partial charge in [-0.25, -0.2) is 4.98 Å². The number of carbonyl (C=O) groups excluding carboxylic acids is 1. The highest BCUT2D eigenvalue weighted by Crippen LogP contribution is 2.07. The molecule has 0 amide bonds. The average molecular weight is 195 g/mol. The summed E-state index contributed by atoms with van der Waals surface area (Å²) in [5, 5.41) is 0. The van der Waals surface area contributed by atoms with E-state index in [0.29, 0.717) is 18.2 Å². The minimum Gasteiger partial charge on any atom is -0.332 e. The Morgan fingerprint density at radius 1 is 1.64 bits per heavy atom. The molecule has 0 bridgehead atoms. The average Bonchev–Trinajstić information content (AvgIpc) is 2.48. The van der Waals surface area contributed by atoms with Crippen LogP contribution in [0.4, 0.5) is 0 Å². The SMILES string of the molecule is CC(C)CC(N)C(=O)c1nccn1C. The third-order valence-corrected chi connectivity index (χ3v) is 2.10. The number of aromatic nitrogens is 2. The highest BCUT2D eigenvalue weighted by atomic mass is 16.1. The molecule has 0 saturated carbocycles. The van der Waals surface area contributed by atoms with E-state index in [1.807, 2.05) is 13.8 Å².